The number of rotatable bonds is 5. The van der Waals surface area contributed by atoms with Crippen LogP contribution in [0.25, 0.3) is 6.08 Å². The first-order valence-electron chi connectivity index (χ1n) is 9.45. The Kier molecular flexibility index (Phi) is 6.68. The predicted octanol–water partition coefficient (Wildman–Crippen LogP) is 6.29. The lowest BCUT2D eigenvalue weighted by Gasteiger charge is -2.10. The van der Waals surface area contributed by atoms with Crippen molar-refractivity contribution in [3.63, 3.8) is 0 Å². The highest BCUT2D eigenvalue weighted by Crippen LogP contribution is 2.36. The van der Waals surface area contributed by atoms with Crippen LogP contribution in [-0.4, -0.2) is 18.4 Å². The van der Waals surface area contributed by atoms with E-state index in [1.54, 1.807) is 12.1 Å². The summed E-state index contributed by atoms with van der Waals surface area (Å²) in [5.74, 6) is -14.8. The minimum absolute atomic E-state index is 0.0392. The van der Waals surface area contributed by atoms with Crippen molar-refractivity contribution in [3.05, 3.63) is 92.4 Å². The highest BCUT2D eigenvalue weighted by atomic mass is 35.5. The smallest absolute Gasteiger partial charge is 0.349 e. The molecule has 3 aromatic rings. The molecule has 180 valence electrons. The molecule has 35 heavy (non-hydrogen) atoms. The second-order valence-corrected chi connectivity index (χ2v) is 7.77. The average molecular weight is 531 g/mol. The Balaban J connectivity index is 1.46. The topological polar surface area (TPSA) is 61.8 Å². The largest absolute Gasteiger partial charge is 0.476 e. The fourth-order valence-electron chi connectivity index (χ4n) is 2.99. The quantitative estimate of drug-likeness (QED) is 0.0968. The molecule has 12 heteroatoms. The summed E-state index contributed by atoms with van der Waals surface area (Å²) >= 11 is 11.9. The van der Waals surface area contributed by atoms with Gasteiger partial charge < -0.3 is 14.2 Å². The maximum atomic E-state index is 13.6. The van der Waals surface area contributed by atoms with Crippen molar-refractivity contribution in [2.75, 3.05) is 6.61 Å². The molecular weight excluding hydrogens is 522 g/mol. The molecule has 0 spiro atoms. The first kappa shape index (κ1) is 24.5. The Morgan fingerprint density at radius 1 is 0.914 bits per heavy atom. The molecule has 1 aliphatic heterocycles. The maximum absolute atomic E-state index is 13.6. The van der Waals surface area contributed by atoms with Crippen molar-refractivity contribution in [1.82, 2.24) is 0 Å². The molecule has 0 atom stereocenters. The number of ether oxygens (including phenoxy) is 3. The molecule has 0 saturated carbocycles. The van der Waals surface area contributed by atoms with Crippen LogP contribution in [0.2, 0.25) is 10.0 Å². The van der Waals surface area contributed by atoms with Crippen LogP contribution in [0.3, 0.4) is 0 Å². The van der Waals surface area contributed by atoms with E-state index >= 15 is 0 Å². The van der Waals surface area contributed by atoms with E-state index in [4.69, 9.17) is 32.7 Å². The predicted molar refractivity (Wildman–Crippen MR) is 113 cm³/mol. The normalized spacial score (nSPS) is 13.6. The number of halogens is 7. The Morgan fingerprint density at radius 2 is 1.57 bits per heavy atom. The Hall–Kier alpha value is -3.63. The van der Waals surface area contributed by atoms with Gasteiger partial charge in [0, 0.05) is 16.1 Å². The molecule has 0 N–H and O–H groups in total. The van der Waals surface area contributed by atoms with Gasteiger partial charge in [0.2, 0.25) is 34.9 Å². The first-order chi connectivity index (χ1) is 16.6. The molecule has 0 aliphatic carbocycles. The minimum Gasteiger partial charge on any atom is -0.476 e. The summed E-state index contributed by atoms with van der Waals surface area (Å²) in [4.78, 5) is 24.5. The Labute approximate surface area is 203 Å². The van der Waals surface area contributed by atoms with Crippen molar-refractivity contribution < 1.29 is 45.8 Å². The number of hydrogen-bond donors (Lipinski definition) is 0. The van der Waals surface area contributed by atoms with Crippen molar-refractivity contribution in [3.8, 4) is 17.2 Å². The van der Waals surface area contributed by atoms with Gasteiger partial charge in [0.1, 0.15) is 11.5 Å². The summed E-state index contributed by atoms with van der Waals surface area (Å²) in [6.07, 6.45) is 1.39. The van der Waals surface area contributed by atoms with Gasteiger partial charge in [-0.25, -0.2) is 18.0 Å². The van der Waals surface area contributed by atoms with Crippen LogP contribution in [0.5, 0.6) is 17.2 Å². The van der Waals surface area contributed by atoms with Gasteiger partial charge in [-0.15, -0.1) is 0 Å². The molecule has 5 nitrogen and oxygen atoms in total. The second-order valence-electron chi connectivity index (χ2n) is 6.93. The third-order valence-electron chi connectivity index (χ3n) is 4.63. The zero-order valence-corrected chi connectivity index (χ0v) is 18.4. The molecule has 3 aromatic carbocycles. The number of Topliss-reactive ketones (excluding diaryl/α,β-unsaturated/α-hetero) is 1. The molecule has 0 bridgehead atoms. The van der Waals surface area contributed by atoms with Gasteiger partial charge in [0.15, 0.2) is 18.1 Å². The number of esters is 1. The van der Waals surface area contributed by atoms with Crippen LogP contribution >= 0.6 is 23.2 Å². The van der Waals surface area contributed by atoms with E-state index in [2.05, 4.69) is 4.74 Å². The van der Waals surface area contributed by atoms with Crippen molar-refractivity contribution >= 4 is 41.0 Å². The van der Waals surface area contributed by atoms with E-state index in [-0.39, 0.29) is 27.8 Å². The van der Waals surface area contributed by atoms with Crippen LogP contribution in [0.15, 0.2) is 42.2 Å². The number of ketones is 1. The van der Waals surface area contributed by atoms with Gasteiger partial charge in [0.05, 0.1) is 5.56 Å². The van der Waals surface area contributed by atoms with Gasteiger partial charge in [-0.05, 0) is 35.9 Å². The molecule has 0 radical (unpaired) electrons. The lowest BCUT2D eigenvalue weighted by molar-refractivity contribution is -0.136. The van der Waals surface area contributed by atoms with E-state index in [9.17, 15) is 31.5 Å². The third kappa shape index (κ3) is 4.80. The molecule has 0 amide bonds. The van der Waals surface area contributed by atoms with E-state index < -0.39 is 53.2 Å². The summed E-state index contributed by atoms with van der Waals surface area (Å²) in [7, 11) is 0. The Morgan fingerprint density at radius 3 is 2.23 bits per heavy atom. The zero-order chi connectivity index (χ0) is 25.4. The zero-order valence-electron chi connectivity index (χ0n) is 16.9. The number of hydrogen-bond acceptors (Lipinski definition) is 5. The maximum Gasteiger partial charge on any atom is 0.349 e. The van der Waals surface area contributed by atoms with Crippen LogP contribution in [-0.2, 0) is 4.79 Å². The molecule has 0 fully saturated rings. The number of fused-ring (bicyclic) bond motifs is 1. The van der Waals surface area contributed by atoms with Gasteiger partial charge in [-0.2, -0.15) is 8.78 Å². The third-order valence-corrected chi connectivity index (χ3v) is 5.19. The van der Waals surface area contributed by atoms with Crippen LogP contribution in [0, 0.1) is 29.1 Å². The molecule has 1 heterocycles. The number of allylic oxidation sites excluding steroid dienone is 1. The molecule has 0 saturated heterocycles. The highest BCUT2D eigenvalue weighted by molar-refractivity contribution is 6.35. The second kappa shape index (κ2) is 9.55. The fraction of sp³-hybridized carbons (Fsp3) is 0.0435. The lowest BCUT2D eigenvalue weighted by atomic mass is 10.1. The molecule has 1 aliphatic rings. The van der Waals surface area contributed by atoms with E-state index in [0.29, 0.717) is 10.6 Å². The number of carbonyl (C=O) groups is 2. The average Bonchev–Trinajstić information content (AvgIpc) is 3.12. The van der Waals surface area contributed by atoms with Crippen molar-refractivity contribution in [1.29, 1.82) is 0 Å². The molecular formula is C23H9Cl2F5O5. The summed E-state index contributed by atoms with van der Waals surface area (Å²) in [5.41, 5.74) is 0.614. The van der Waals surface area contributed by atoms with Crippen molar-refractivity contribution in [2.24, 2.45) is 0 Å². The van der Waals surface area contributed by atoms with E-state index in [0.717, 1.165) is 0 Å². The van der Waals surface area contributed by atoms with Gasteiger partial charge in [-0.3, -0.25) is 4.79 Å². The summed E-state index contributed by atoms with van der Waals surface area (Å²) in [5, 5.41) is 0.676. The molecule has 4 rings (SSSR count). The number of carbonyl (C=O) groups excluding carboxylic acids is 2. The first-order valence-corrected chi connectivity index (χ1v) is 10.2. The van der Waals surface area contributed by atoms with Gasteiger partial charge >= 0.3 is 5.97 Å². The summed E-state index contributed by atoms with van der Waals surface area (Å²) < 4.78 is 81.7. The molecule has 0 unspecified atom stereocenters. The SMILES string of the molecule is O=C(COc1c(F)c(F)c(F)c(F)c1F)Oc1ccc2c(c1)O/C(=C\c1ccc(Cl)cc1Cl)C2=O. The standard InChI is InChI=1S/C23H9Cl2F5O5/c24-10-2-1-9(13(25)6-10)5-15-22(32)12-4-3-11(7-14(12)35-15)34-16(31)8-33-23-20(29)18(27)17(26)19(28)21(23)30/h1-7H,8H2/b15-5-. The van der Waals surface area contributed by atoms with Crippen LogP contribution in [0.1, 0.15) is 15.9 Å². The van der Waals surface area contributed by atoms with Gasteiger partial charge in [0.25, 0.3) is 0 Å². The van der Waals surface area contributed by atoms with Crippen molar-refractivity contribution in [2.45, 2.75) is 0 Å². The monoisotopic (exact) mass is 530 g/mol. The molecule has 0 aromatic heterocycles. The van der Waals surface area contributed by atoms with Crippen LogP contribution < -0.4 is 14.2 Å². The highest BCUT2D eigenvalue weighted by Gasteiger charge is 2.29. The number of benzene rings is 3. The van der Waals surface area contributed by atoms with E-state index in [1.165, 1.54) is 30.3 Å². The lowest BCUT2D eigenvalue weighted by Crippen LogP contribution is -2.19. The van der Waals surface area contributed by atoms with Gasteiger partial charge in [-0.1, -0.05) is 29.3 Å². The Bertz CT molecular complexity index is 1390. The fourth-order valence-corrected chi connectivity index (χ4v) is 3.46. The van der Waals surface area contributed by atoms with E-state index in [1.807, 2.05) is 0 Å². The van der Waals surface area contributed by atoms with Crippen LogP contribution in [0.4, 0.5) is 22.0 Å². The minimum atomic E-state index is -2.37. The summed E-state index contributed by atoms with van der Waals surface area (Å²) in [6.45, 7) is -1.19. The summed E-state index contributed by atoms with van der Waals surface area (Å²) in [6, 6.07) is 8.35.